The second-order valence-corrected chi connectivity index (χ2v) is 6.90. The maximum absolute atomic E-state index is 12.5. The van der Waals surface area contributed by atoms with Gasteiger partial charge in [0.15, 0.2) is 0 Å². The Balaban J connectivity index is 1.79. The quantitative estimate of drug-likeness (QED) is 0.786. The highest BCUT2D eigenvalue weighted by molar-refractivity contribution is 5.96. The molecule has 2 aromatic rings. The fraction of sp³-hybridized carbons (Fsp3) is 0.429. The van der Waals surface area contributed by atoms with Gasteiger partial charge in [0.25, 0.3) is 0 Å². The Morgan fingerprint density at radius 3 is 3.00 bits per heavy atom. The van der Waals surface area contributed by atoms with E-state index in [1.54, 1.807) is 6.08 Å². The zero-order chi connectivity index (χ0) is 17.6. The first kappa shape index (κ1) is 17.3. The highest BCUT2D eigenvalue weighted by Gasteiger charge is 2.16. The number of benzene rings is 1. The molecule has 1 amide bonds. The van der Waals surface area contributed by atoms with E-state index in [1.165, 1.54) is 6.42 Å². The highest BCUT2D eigenvalue weighted by Crippen LogP contribution is 2.23. The van der Waals surface area contributed by atoms with Crippen molar-refractivity contribution in [3.63, 3.8) is 0 Å². The monoisotopic (exact) mass is 335 g/mol. The van der Waals surface area contributed by atoms with E-state index in [2.05, 4.69) is 29.7 Å². The molecule has 0 bridgehead atoms. The summed E-state index contributed by atoms with van der Waals surface area (Å²) in [4.78, 5) is 14.5. The summed E-state index contributed by atoms with van der Waals surface area (Å²) in [6.45, 7) is 4.65. The Morgan fingerprint density at radius 1 is 1.32 bits per heavy atom. The molecule has 0 aliphatic carbocycles. The Labute approximate surface area is 149 Å². The minimum Gasteiger partial charge on any atom is -0.346 e. The first-order valence-electron chi connectivity index (χ1n) is 9.11. The molecule has 2 heterocycles. The van der Waals surface area contributed by atoms with Gasteiger partial charge in [-0.15, -0.1) is 0 Å². The molecule has 1 saturated heterocycles. The topological polar surface area (TPSA) is 49.0 Å². The molecule has 4 nitrogen and oxygen atoms in total. The van der Waals surface area contributed by atoms with Gasteiger partial charge in [-0.05, 0) is 37.3 Å². The number of nitriles is 1. The number of amides is 1. The summed E-state index contributed by atoms with van der Waals surface area (Å²) in [5.41, 5.74) is 2.14. The average molecular weight is 335 g/mol. The third-order valence-corrected chi connectivity index (χ3v) is 5.02. The number of carbonyl (C=O) groups is 1. The van der Waals surface area contributed by atoms with E-state index in [-0.39, 0.29) is 5.91 Å². The van der Waals surface area contributed by atoms with Crippen molar-refractivity contribution in [1.29, 1.82) is 5.26 Å². The van der Waals surface area contributed by atoms with Crippen LogP contribution in [0, 0.1) is 17.2 Å². The molecule has 1 aliphatic rings. The molecule has 25 heavy (non-hydrogen) atoms. The van der Waals surface area contributed by atoms with Crippen LogP contribution in [0.15, 0.2) is 36.5 Å². The SMILES string of the molecule is CC1CCCN(C(=O)C=Cc2cn(CCC#N)c3ccccc23)CC1. The lowest BCUT2D eigenvalue weighted by Gasteiger charge is -2.18. The summed E-state index contributed by atoms with van der Waals surface area (Å²) >= 11 is 0. The minimum absolute atomic E-state index is 0.1000. The van der Waals surface area contributed by atoms with Crippen molar-refractivity contribution in [3.8, 4) is 6.07 Å². The van der Waals surface area contributed by atoms with Crippen LogP contribution in [0.5, 0.6) is 0 Å². The van der Waals surface area contributed by atoms with Gasteiger partial charge in [-0.25, -0.2) is 0 Å². The third kappa shape index (κ3) is 4.11. The summed E-state index contributed by atoms with van der Waals surface area (Å²) in [6.07, 6.45) is 9.53. The van der Waals surface area contributed by atoms with Gasteiger partial charge in [0.1, 0.15) is 0 Å². The van der Waals surface area contributed by atoms with Crippen LogP contribution in [-0.4, -0.2) is 28.5 Å². The van der Waals surface area contributed by atoms with E-state index in [0.717, 1.165) is 42.4 Å². The molecule has 0 radical (unpaired) electrons. The molecule has 4 heteroatoms. The summed E-state index contributed by atoms with van der Waals surface area (Å²) in [5.74, 6) is 0.808. The molecule has 1 unspecified atom stereocenters. The Morgan fingerprint density at radius 2 is 2.16 bits per heavy atom. The largest absolute Gasteiger partial charge is 0.346 e. The number of para-hydroxylation sites is 1. The molecule has 1 atom stereocenters. The van der Waals surface area contributed by atoms with Gasteiger partial charge in [0, 0.05) is 48.4 Å². The number of hydrogen-bond acceptors (Lipinski definition) is 2. The van der Waals surface area contributed by atoms with Gasteiger partial charge in [0.2, 0.25) is 5.91 Å². The average Bonchev–Trinajstić information content (AvgIpc) is 2.83. The van der Waals surface area contributed by atoms with Crippen molar-refractivity contribution >= 4 is 22.9 Å². The van der Waals surface area contributed by atoms with Gasteiger partial charge >= 0.3 is 0 Å². The van der Waals surface area contributed by atoms with Crippen molar-refractivity contribution in [2.75, 3.05) is 13.1 Å². The van der Waals surface area contributed by atoms with Crippen LogP contribution in [0.2, 0.25) is 0 Å². The van der Waals surface area contributed by atoms with Gasteiger partial charge in [-0.2, -0.15) is 5.26 Å². The van der Waals surface area contributed by atoms with Crippen LogP contribution in [0.4, 0.5) is 0 Å². The normalized spacial score (nSPS) is 18.4. The predicted octanol–water partition coefficient (Wildman–Crippen LogP) is 4.22. The molecule has 1 aromatic carbocycles. The second kappa shape index (κ2) is 8.02. The van der Waals surface area contributed by atoms with Gasteiger partial charge in [-0.1, -0.05) is 25.1 Å². The molecule has 1 aliphatic heterocycles. The van der Waals surface area contributed by atoms with Gasteiger partial charge in [-0.3, -0.25) is 4.79 Å². The summed E-state index contributed by atoms with van der Waals surface area (Å²) in [5, 5.41) is 9.96. The van der Waals surface area contributed by atoms with Crippen molar-refractivity contribution in [3.05, 3.63) is 42.1 Å². The third-order valence-electron chi connectivity index (χ3n) is 5.02. The molecule has 0 N–H and O–H groups in total. The van der Waals surface area contributed by atoms with E-state index < -0.39 is 0 Å². The second-order valence-electron chi connectivity index (χ2n) is 6.90. The number of aromatic nitrogens is 1. The number of fused-ring (bicyclic) bond motifs is 1. The number of carbonyl (C=O) groups excluding carboxylic acids is 1. The lowest BCUT2D eigenvalue weighted by atomic mass is 10.0. The summed E-state index contributed by atoms with van der Waals surface area (Å²) < 4.78 is 2.09. The number of nitrogens with zero attached hydrogens (tertiary/aromatic N) is 3. The number of hydrogen-bond donors (Lipinski definition) is 0. The Bertz CT molecular complexity index is 812. The smallest absolute Gasteiger partial charge is 0.246 e. The van der Waals surface area contributed by atoms with Crippen molar-refractivity contribution in [1.82, 2.24) is 9.47 Å². The lowest BCUT2D eigenvalue weighted by Crippen LogP contribution is -2.30. The van der Waals surface area contributed by atoms with Crippen LogP contribution in [0.1, 0.15) is 38.2 Å². The molecule has 130 valence electrons. The first-order valence-corrected chi connectivity index (χ1v) is 9.11. The standard InChI is InChI=1S/C21H25N3O/c1-17-6-4-13-23(15-11-17)21(25)10-9-18-16-24(14-5-12-22)20-8-3-2-7-19(18)20/h2-3,7-10,16-17H,4-6,11,13-15H2,1H3. The fourth-order valence-electron chi connectivity index (χ4n) is 3.51. The van der Waals surface area contributed by atoms with Crippen molar-refractivity contribution in [2.24, 2.45) is 5.92 Å². The molecular weight excluding hydrogens is 310 g/mol. The zero-order valence-corrected chi connectivity index (χ0v) is 14.8. The highest BCUT2D eigenvalue weighted by atomic mass is 16.2. The minimum atomic E-state index is 0.1000. The summed E-state index contributed by atoms with van der Waals surface area (Å²) in [7, 11) is 0. The summed E-state index contributed by atoms with van der Waals surface area (Å²) in [6, 6.07) is 10.3. The van der Waals surface area contributed by atoms with Crippen LogP contribution in [0.25, 0.3) is 17.0 Å². The van der Waals surface area contributed by atoms with E-state index in [1.807, 2.05) is 29.3 Å². The van der Waals surface area contributed by atoms with E-state index in [0.29, 0.717) is 18.9 Å². The van der Waals surface area contributed by atoms with Crippen LogP contribution < -0.4 is 0 Å². The van der Waals surface area contributed by atoms with Crippen molar-refractivity contribution < 1.29 is 4.79 Å². The Hall–Kier alpha value is -2.54. The van der Waals surface area contributed by atoms with Gasteiger partial charge in [0.05, 0.1) is 12.5 Å². The molecule has 1 aromatic heterocycles. The number of rotatable bonds is 4. The van der Waals surface area contributed by atoms with E-state index in [4.69, 9.17) is 5.26 Å². The maximum Gasteiger partial charge on any atom is 0.246 e. The molecular formula is C21H25N3O. The molecule has 0 spiro atoms. The molecule has 3 rings (SSSR count). The number of likely N-dealkylation sites (tertiary alicyclic amines) is 1. The van der Waals surface area contributed by atoms with Crippen LogP contribution in [-0.2, 0) is 11.3 Å². The zero-order valence-electron chi connectivity index (χ0n) is 14.8. The first-order chi connectivity index (χ1) is 12.2. The molecule has 1 fully saturated rings. The van der Waals surface area contributed by atoms with Crippen LogP contribution in [0.3, 0.4) is 0 Å². The lowest BCUT2D eigenvalue weighted by molar-refractivity contribution is -0.125. The Kier molecular flexibility index (Phi) is 5.55. The van der Waals surface area contributed by atoms with Crippen molar-refractivity contribution in [2.45, 2.75) is 39.2 Å². The van der Waals surface area contributed by atoms with E-state index in [9.17, 15) is 4.79 Å². The van der Waals surface area contributed by atoms with Gasteiger partial charge < -0.3 is 9.47 Å². The fourth-order valence-corrected chi connectivity index (χ4v) is 3.51. The number of aryl methyl sites for hydroxylation is 1. The van der Waals surface area contributed by atoms with Crippen LogP contribution >= 0.6 is 0 Å². The predicted molar refractivity (Wildman–Crippen MR) is 101 cm³/mol. The molecule has 0 saturated carbocycles. The van der Waals surface area contributed by atoms with E-state index >= 15 is 0 Å². The maximum atomic E-state index is 12.5.